The van der Waals surface area contributed by atoms with Crippen LogP contribution < -0.4 is 4.74 Å². The second kappa shape index (κ2) is 6.89. The average molecular weight is 351 g/mol. The number of benzene rings is 2. The minimum Gasteiger partial charge on any atom is -0.493 e. The monoisotopic (exact) mass is 351 g/mol. The van der Waals surface area contributed by atoms with Crippen LogP contribution in [0.3, 0.4) is 0 Å². The molecular weight excluding hydrogens is 330 g/mol. The zero-order valence-corrected chi connectivity index (χ0v) is 15.1. The highest BCUT2D eigenvalue weighted by molar-refractivity contribution is 7.07. The van der Waals surface area contributed by atoms with Crippen LogP contribution in [0.1, 0.15) is 35.7 Å². The number of fused-ring (bicyclic) bond motifs is 1. The number of hydrogen-bond donors (Lipinski definition) is 0. The minimum atomic E-state index is 0.0777. The molecule has 1 fully saturated rings. The van der Waals surface area contributed by atoms with Crippen molar-refractivity contribution < 1.29 is 9.53 Å². The molecular formula is C21H21NO2S. The fourth-order valence-corrected chi connectivity index (χ4v) is 3.88. The van der Waals surface area contributed by atoms with Gasteiger partial charge in [-0.15, -0.1) is 0 Å². The van der Waals surface area contributed by atoms with Crippen LogP contribution in [-0.2, 0) is 6.54 Å². The summed E-state index contributed by atoms with van der Waals surface area (Å²) in [6.45, 7) is 3.17. The third-order valence-electron chi connectivity index (χ3n) is 4.59. The van der Waals surface area contributed by atoms with Crippen LogP contribution in [0.15, 0.2) is 53.2 Å². The van der Waals surface area contributed by atoms with Crippen LogP contribution in [-0.4, -0.2) is 23.5 Å². The molecule has 4 rings (SSSR count). The van der Waals surface area contributed by atoms with Crippen LogP contribution in [0.5, 0.6) is 5.75 Å². The Morgan fingerprint density at radius 3 is 2.76 bits per heavy atom. The van der Waals surface area contributed by atoms with Crippen LogP contribution in [0.2, 0.25) is 0 Å². The second-order valence-corrected chi connectivity index (χ2v) is 7.17. The van der Waals surface area contributed by atoms with E-state index in [1.54, 1.807) is 11.3 Å². The van der Waals surface area contributed by atoms with Gasteiger partial charge in [0.2, 0.25) is 0 Å². The fraction of sp³-hybridized carbons (Fsp3) is 0.286. The first-order chi connectivity index (χ1) is 12.3. The van der Waals surface area contributed by atoms with E-state index in [0.29, 0.717) is 30.5 Å². The lowest BCUT2D eigenvalue weighted by atomic mass is 10.0. The molecule has 0 atom stereocenters. The van der Waals surface area contributed by atoms with Gasteiger partial charge in [-0.25, -0.2) is 0 Å². The molecule has 3 nitrogen and oxygen atoms in total. The molecule has 4 heteroatoms. The predicted molar refractivity (Wildman–Crippen MR) is 102 cm³/mol. The Bertz CT molecular complexity index is 884. The SMILES string of the molecule is CCOc1ccc2ccccc2c1C(=O)N(Cc1ccsc1)C1CC1. The summed E-state index contributed by atoms with van der Waals surface area (Å²) in [5, 5.41) is 6.22. The van der Waals surface area contributed by atoms with Crippen molar-refractivity contribution in [1.29, 1.82) is 0 Å². The van der Waals surface area contributed by atoms with Gasteiger partial charge in [-0.2, -0.15) is 11.3 Å². The summed E-state index contributed by atoms with van der Waals surface area (Å²) in [5.41, 5.74) is 1.89. The van der Waals surface area contributed by atoms with Gasteiger partial charge in [-0.3, -0.25) is 4.79 Å². The van der Waals surface area contributed by atoms with Crippen molar-refractivity contribution in [3.8, 4) is 5.75 Å². The Hall–Kier alpha value is -2.33. The molecule has 0 bridgehead atoms. The van der Waals surface area contributed by atoms with Gasteiger partial charge >= 0.3 is 0 Å². The highest BCUT2D eigenvalue weighted by atomic mass is 32.1. The number of rotatable bonds is 6. The summed E-state index contributed by atoms with van der Waals surface area (Å²) in [7, 11) is 0. The molecule has 0 saturated heterocycles. The lowest BCUT2D eigenvalue weighted by Gasteiger charge is -2.24. The van der Waals surface area contributed by atoms with Crippen LogP contribution >= 0.6 is 11.3 Å². The molecule has 2 aromatic carbocycles. The molecule has 3 aromatic rings. The number of carbonyl (C=O) groups is 1. The predicted octanol–water partition coefficient (Wildman–Crippen LogP) is 5.10. The number of amides is 1. The molecule has 1 aliphatic rings. The molecule has 1 aliphatic carbocycles. The molecule has 0 spiro atoms. The maximum atomic E-state index is 13.5. The van der Waals surface area contributed by atoms with Crippen molar-refractivity contribution in [2.45, 2.75) is 32.4 Å². The topological polar surface area (TPSA) is 29.5 Å². The van der Waals surface area contributed by atoms with E-state index in [0.717, 1.165) is 23.6 Å². The van der Waals surface area contributed by atoms with E-state index in [1.165, 1.54) is 5.56 Å². The third kappa shape index (κ3) is 3.27. The molecule has 0 aliphatic heterocycles. The second-order valence-electron chi connectivity index (χ2n) is 6.39. The van der Waals surface area contributed by atoms with E-state index < -0.39 is 0 Å². The standard InChI is InChI=1S/C21H21NO2S/c1-2-24-19-10-7-16-5-3-4-6-18(16)20(19)21(23)22(17-8-9-17)13-15-11-12-25-14-15/h3-7,10-12,14,17H,2,8-9,13H2,1H3. The molecule has 25 heavy (non-hydrogen) atoms. The van der Waals surface area contributed by atoms with E-state index in [-0.39, 0.29) is 5.91 Å². The van der Waals surface area contributed by atoms with Crippen LogP contribution in [0, 0.1) is 0 Å². The van der Waals surface area contributed by atoms with Gasteiger partial charge in [0, 0.05) is 12.6 Å². The maximum absolute atomic E-state index is 13.5. The quantitative estimate of drug-likeness (QED) is 0.618. The summed E-state index contributed by atoms with van der Waals surface area (Å²) in [6.07, 6.45) is 2.18. The van der Waals surface area contributed by atoms with Gasteiger partial charge < -0.3 is 9.64 Å². The number of ether oxygens (including phenoxy) is 1. The van der Waals surface area contributed by atoms with Gasteiger partial charge in [0.1, 0.15) is 5.75 Å². The first-order valence-corrected chi connectivity index (χ1v) is 9.69. The first kappa shape index (κ1) is 16.2. The Morgan fingerprint density at radius 2 is 2.04 bits per heavy atom. The number of nitrogens with zero attached hydrogens (tertiary/aromatic N) is 1. The zero-order valence-electron chi connectivity index (χ0n) is 14.3. The molecule has 0 radical (unpaired) electrons. The van der Waals surface area contributed by atoms with E-state index in [9.17, 15) is 4.79 Å². The van der Waals surface area contributed by atoms with Crippen LogP contribution in [0.25, 0.3) is 10.8 Å². The Balaban J connectivity index is 1.78. The Labute approximate surface area is 151 Å². The summed E-state index contributed by atoms with van der Waals surface area (Å²) < 4.78 is 5.81. The van der Waals surface area contributed by atoms with Crippen molar-refractivity contribution >= 4 is 28.0 Å². The summed E-state index contributed by atoms with van der Waals surface area (Å²) in [5.74, 6) is 0.760. The zero-order chi connectivity index (χ0) is 17.2. The van der Waals surface area contributed by atoms with Crippen molar-refractivity contribution in [3.05, 3.63) is 64.4 Å². The molecule has 0 unspecified atom stereocenters. The first-order valence-electron chi connectivity index (χ1n) is 8.74. The lowest BCUT2D eigenvalue weighted by molar-refractivity contribution is 0.0728. The molecule has 1 amide bonds. The number of thiophene rings is 1. The summed E-state index contributed by atoms with van der Waals surface area (Å²) in [4.78, 5) is 15.5. The smallest absolute Gasteiger partial charge is 0.258 e. The minimum absolute atomic E-state index is 0.0777. The molecule has 1 saturated carbocycles. The normalized spacial score (nSPS) is 13.8. The van der Waals surface area contributed by atoms with Crippen molar-refractivity contribution in [2.75, 3.05) is 6.61 Å². The number of carbonyl (C=O) groups excluding carboxylic acids is 1. The van der Waals surface area contributed by atoms with E-state index in [2.05, 4.69) is 16.8 Å². The van der Waals surface area contributed by atoms with Crippen LogP contribution in [0.4, 0.5) is 0 Å². The highest BCUT2D eigenvalue weighted by Crippen LogP contribution is 2.35. The van der Waals surface area contributed by atoms with E-state index in [1.807, 2.05) is 48.2 Å². The average Bonchev–Trinajstić information content (AvgIpc) is 3.35. The van der Waals surface area contributed by atoms with Gasteiger partial charge in [-0.1, -0.05) is 30.3 Å². The van der Waals surface area contributed by atoms with Gasteiger partial charge in [0.05, 0.1) is 12.2 Å². The third-order valence-corrected chi connectivity index (χ3v) is 5.32. The van der Waals surface area contributed by atoms with E-state index in [4.69, 9.17) is 4.74 Å². The summed E-state index contributed by atoms with van der Waals surface area (Å²) in [6, 6.07) is 14.4. The highest BCUT2D eigenvalue weighted by Gasteiger charge is 2.35. The number of hydrogen-bond acceptors (Lipinski definition) is 3. The molecule has 1 heterocycles. The largest absolute Gasteiger partial charge is 0.493 e. The lowest BCUT2D eigenvalue weighted by Crippen LogP contribution is -2.33. The molecule has 128 valence electrons. The van der Waals surface area contributed by atoms with Gasteiger partial charge in [0.15, 0.2) is 0 Å². The molecule has 1 aromatic heterocycles. The maximum Gasteiger partial charge on any atom is 0.258 e. The van der Waals surface area contributed by atoms with E-state index >= 15 is 0 Å². The van der Waals surface area contributed by atoms with Crippen molar-refractivity contribution in [1.82, 2.24) is 4.90 Å². The van der Waals surface area contributed by atoms with Crippen molar-refractivity contribution in [3.63, 3.8) is 0 Å². The van der Waals surface area contributed by atoms with Gasteiger partial charge in [-0.05, 0) is 59.0 Å². The Morgan fingerprint density at radius 1 is 1.20 bits per heavy atom. The molecule has 0 N–H and O–H groups in total. The Kier molecular flexibility index (Phi) is 4.45. The summed E-state index contributed by atoms with van der Waals surface area (Å²) >= 11 is 1.67. The van der Waals surface area contributed by atoms with Crippen molar-refractivity contribution in [2.24, 2.45) is 0 Å². The van der Waals surface area contributed by atoms with Gasteiger partial charge in [0.25, 0.3) is 5.91 Å². The fourth-order valence-electron chi connectivity index (χ4n) is 3.22.